The minimum Gasteiger partial charge on any atom is -0.372 e. The summed E-state index contributed by atoms with van der Waals surface area (Å²) in [7, 11) is -3.11. The Kier molecular flexibility index (Phi) is 4.35. The molecule has 0 radical (unpaired) electrons. The third-order valence-electron chi connectivity index (χ3n) is 5.52. The molecule has 3 heterocycles. The fraction of sp³-hybridized carbons (Fsp3) is 0.556. The molecule has 0 aliphatic carbocycles. The average molecular weight is 363 g/mol. The van der Waals surface area contributed by atoms with Gasteiger partial charge in [0.2, 0.25) is 10.0 Å². The van der Waals surface area contributed by atoms with E-state index in [1.54, 1.807) is 0 Å². The third-order valence-corrected chi connectivity index (χ3v) is 6.25. The Morgan fingerprint density at radius 2 is 2.20 bits per heavy atom. The first-order valence-corrected chi connectivity index (χ1v) is 10.7. The molecule has 1 atom stereocenters. The number of benzene rings is 1. The lowest BCUT2D eigenvalue weighted by Crippen LogP contribution is -2.64. The summed E-state index contributed by atoms with van der Waals surface area (Å²) < 4.78 is 31.2. The van der Waals surface area contributed by atoms with Crippen molar-refractivity contribution in [2.45, 2.75) is 25.0 Å². The molecule has 1 aromatic heterocycles. The Labute approximate surface area is 148 Å². The van der Waals surface area contributed by atoms with Crippen LogP contribution in [0, 0.1) is 5.92 Å². The maximum absolute atomic E-state index is 11.2. The van der Waals surface area contributed by atoms with Gasteiger partial charge in [-0.05, 0) is 36.5 Å². The number of nitrogens with zero attached hydrogens (tertiary/aromatic N) is 1. The van der Waals surface area contributed by atoms with Crippen LogP contribution in [0.5, 0.6) is 0 Å². The van der Waals surface area contributed by atoms with Gasteiger partial charge in [-0.1, -0.05) is 12.1 Å². The molecule has 2 aliphatic rings. The number of hydrogen-bond donors (Lipinski definition) is 2. The van der Waals surface area contributed by atoms with Gasteiger partial charge in [-0.3, -0.25) is 4.90 Å². The van der Waals surface area contributed by atoms with Crippen LogP contribution in [0.2, 0.25) is 0 Å². The van der Waals surface area contributed by atoms with Gasteiger partial charge in [-0.2, -0.15) is 0 Å². The van der Waals surface area contributed by atoms with Gasteiger partial charge in [-0.25, -0.2) is 13.1 Å². The second-order valence-electron chi connectivity index (χ2n) is 7.36. The molecule has 7 heteroatoms. The summed E-state index contributed by atoms with van der Waals surface area (Å²) >= 11 is 0. The summed E-state index contributed by atoms with van der Waals surface area (Å²) in [5.74, 6) is 0.432. The normalized spacial score (nSPS) is 23.3. The van der Waals surface area contributed by atoms with Gasteiger partial charge < -0.3 is 9.72 Å². The van der Waals surface area contributed by atoms with Crippen molar-refractivity contribution in [3.05, 3.63) is 36.0 Å². The Morgan fingerprint density at radius 3 is 3.00 bits per heavy atom. The fourth-order valence-electron chi connectivity index (χ4n) is 4.31. The standard InChI is InChI=1S/C18H25N3O3S/c1-25(22,23)20-9-5-15-7-10-24-18(15)12-21(13-18)11-14-3-2-4-17-16(14)6-8-19-17/h2-4,6,8,15,19-20H,5,7,9-13H2,1H3. The molecular weight excluding hydrogens is 338 g/mol. The van der Waals surface area contributed by atoms with Crippen LogP contribution < -0.4 is 4.72 Å². The van der Waals surface area contributed by atoms with E-state index in [4.69, 9.17) is 4.74 Å². The molecule has 136 valence electrons. The molecular formula is C18H25N3O3S. The van der Waals surface area contributed by atoms with E-state index in [0.29, 0.717) is 12.5 Å². The number of fused-ring (bicyclic) bond motifs is 1. The maximum atomic E-state index is 11.2. The van der Waals surface area contributed by atoms with Crippen molar-refractivity contribution < 1.29 is 13.2 Å². The van der Waals surface area contributed by atoms with Crippen molar-refractivity contribution >= 4 is 20.9 Å². The van der Waals surface area contributed by atoms with Gasteiger partial charge in [-0.15, -0.1) is 0 Å². The van der Waals surface area contributed by atoms with Crippen molar-refractivity contribution in [1.82, 2.24) is 14.6 Å². The van der Waals surface area contributed by atoms with Crippen LogP contribution in [0.1, 0.15) is 18.4 Å². The summed E-state index contributed by atoms with van der Waals surface area (Å²) in [5, 5.41) is 1.28. The van der Waals surface area contributed by atoms with Crippen molar-refractivity contribution in [2.75, 3.05) is 32.5 Å². The first kappa shape index (κ1) is 17.0. The molecule has 2 fully saturated rings. The minimum absolute atomic E-state index is 0.0781. The predicted molar refractivity (Wildman–Crippen MR) is 97.8 cm³/mol. The van der Waals surface area contributed by atoms with Crippen molar-refractivity contribution in [3.63, 3.8) is 0 Å². The Bertz CT molecular complexity index is 855. The van der Waals surface area contributed by atoms with Crippen LogP contribution in [0.3, 0.4) is 0 Å². The van der Waals surface area contributed by atoms with Crippen molar-refractivity contribution in [1.29, 1.82) is 0 Å². The van der Waals surface area contributed by atoms with Gasteiger partial charge in [0.05, 0.1) is 11.9 Å². The summed E-state index contributed by atoms with van der Waals surface area (Å²) in [6.07, 6.45) is 5.05. The van der Waals surface area contributed by atoms with Gasteiger partial charge >= 0.3 is 0 Å². The second-order valence-corrected chi connectivity index (χ2v) is 9.19. The fourth-order valence-corrected chi connectivity index (χ4v) is 4.80. The summed E-state index contributed by atoms with van der Waals surface area (Å²) in [6.45, 7) is 4.06. The molecule has 0 amide bonds. The monoisotopic (exact) mass is 363 g/mol. The van der Waals surface area contributed by atoms with Crippen LogP contribution in [0.15, 0.2) is 30.5 Å². The number of hydrogen-bond acceptors (Lipinski definition) is 4. The highest BCUT2D eigenvalue weighted by Gasteiger charge is 2.52. The van der Waals surface area contributed by atoms with Crippen molar-refractivity contribution in [3.8, 4) is 0 Å². The number of rotatable bonds is 6. The summed E-state index contributed by atoms with van der Waals surface area (Å²) in [5.41, 5.74) is 2.43. The zero-order valence-corrected chi connectivity index (χ0v) is 15.3. The van der Waals surface area contributed by atoms with E-state index >= 15 is 0 Å². The number of aromatic nitrogens is 1. The maximum Gasteiger partial charge on any atom is 0.208 e. The molecule has 2 N–H and O–H groups in total. The lowest BCUT2D eigenvalue weighted by atomic mass is 9.79. The summed E-state index contributed by atoms with van der Waals surface area (Å²) in [6, 6.07) is 8.51. The molecule has 1 unspecified atom stereocenters. The Hall–Kier alpha value is -1.41. The SMILES string of the molecule is CS(=O)(=O)NCCC1CCOC12CN(Cc1cccc3[nH]ccc13)C2. The molecule has 25 heavy (non-hydrogen) atoms. The zero-order chi connectivity index (χ0) is 17.5. The lowest BCUT2D eigenvalue weighted by molar-refractivity contribution is -0.136. The van der Waals surface area contributed by atoms with E-state index in [9.17, 15) is 8.42 Å². The number of nitrogens with one attached hydrogen (secondary N) is 2. The molecule has 0 bridgehead atoms. The zero-order valence-electron chi connectivity index (χ0n) is 14.5. The van der Waals surface area contributed by atoms with Crippen LogP contribution in [-0.2, 0) is 21.3 Å². The average Bonchev–Trinajstić information content (AvgIpc) is 3.13. The highest BCUT2D eigenvalue weighted by atomic mass is 32.2. The molecule has 6 nitrogen and oxygen atoms in total. The topological polar surface area (TPSA) is 74.4 Å². The molecule has 2 aromatic rings. The highest BCUT2D eigenvalue weighted by molar-refractivity contribution is 7.88. The molecule has 1 spiro atoms. The molecule has 0 saturated carbocycles. The van der Waals surface area contributed by atoms with Gasteiger partial charge in [0, 0.05) is 49.9 Å². The Balaban J connectivity index is 1.36. The number of aromatic amines is 1. The van der Waals surface area contributed by atoms with E-state index in [2.05, 4.69) is 38.9 Å². The number of ether oxygens (including phenoxy) is 1. The summed E-state index contributed by atoms with van der Waals surface area (Å²) in [4.78, 5) is 5.68. The lowest BCUT2D eigenvalue weighted by Gasteiger charge is -2.50. The molecule has 1 aromatic carbocycles. The predicted octanol–water partition coefficient (Wildman–Crippen LogP) is 1.70. The van der Waals surface area contributed by atoms with E-state index in [1.807, 2.05) is 6.20 Å². The third kappa shape index (κ3) is 3.46. The molecule has 4 rings (SSSR count). The Morgan fingerprint density at radius 1 is 1.36 bits per heavy atom. The van der Waals surface area contributed by atoms with Crippen LogP contribution in [-0.4, -0.2) is 56.4 Å². The van der Waals surface area contributed by atoms with E-state index in [-0.39, 0.29) is 5.60 Å². The number of likely N-dealkylation sites (tertiary alicyclic amines) is 1. The largest absolute Gasteiger partial charge is 0.372 e. The van der Waals surface area contributed by atoms with Crippen LogP contribution >= 0.6 is 0 Å². The molecule has 2 saturated heterocycles. The highest BCUT2D eigenvalue weighted by Crippen LogP contribution is 2.42. The smallest absolute Gasteiger partial charge is 0.208 e. The van der Waals surface area contributed by atoms with Crippen LogP contribution in [0.25, 0.3) is 10.9 Å². The van der Waals surface area contributed by atoms with Gasteiger partial charge in [0.1, 0.15) is 0 Å². The van der Waals surface area contributed by atoms with Crippen LogP contribution in [0.4, 0.5) is 0 Å². The first-order chi connectivity index (χ1) is 12.0. The molecule has 2 aliphatic heterocycles. The van der Waals surface area contributed by atoms with Gasteiger partial charge in [0.15, 0.2) is 0 Å². The van der Waals surface area contributed by atoms with E-state index < -0.39 is 10.0 Å². The quantitative estimate of drug-likeness (QED) is 0.819. The number of sulfonamides is 1. The first-order valence-electron chi connectivity index (χ1n) is 8.81. The van der Waals surface area contributed by atoms with E-state index in [1.165, 1.54) is 22.7 Å². The minimum atomic E-state index is -3.11. The second kappa shape index (κ2) is 6.39. The van der Waals surface area contributed by atoms with Gasteiger partial charge in [0.25, 0.3) is 0 Å². The van der Waals surface area contributed by atoms with Crippen molar-refractivity contribution in [2.24, 2.45) is 5.92 Å². The van der Waals surface area contributed by atoms with E-state index in [0.717, 1.165) is 39.1 Å². The number of H-pyrrole nitrogens is 1.